The molecule has 0 bridgehead atoms. The van der Waals surface area contributed by atoms with Crippen molar-refractivity contribution < 1.29 is 9.72 Å². The van der Waals surface area contributed by atoms with E-state index in [1.54, 1.807) is 23.5 Å². The number of non-ortho nitro benzene ring substituents is 1. The van der Waals surface area contributed by atoms with Crippen LogP contribution in [0.3, 0.4) is 0 Å². The third-order valence-corrected chi connectivity index (χ3v) is 5.18. The second kappa shape index (κ2) is 7.53. The lowest BCUT2D eigenvalue weighted by Crippen LogP contribution is -2.14. The maximum Gasteiger partial charge on any atom is 0.269 e. The molecule has 0 aliphatic heterocycles. The molecule has 1 amide bonds. The lowest BCUT2D eigenvalue weighted by Gasteiger charge is -2.06. The summed E-state index contributed by atoms with van der Waals surface area (Å²) in [5, 5.41) is 14.2. The van der Waals surface area contributed by atoms with E-state index in [-0.39, 0.29) is 18.0 Å². The van der Waals surface area contributed by atoms with Gasteiger partial charge in [-0.3, -0.25) is 14.9 Å². The van der Waals surface area contributed by atoms with Gasteiger partial charge in [-0.15, -0.1) is 11.3 Å². The van der Waals surface area contributed by atoms with Gasteiger partial charge in [0, 0.05) is 17.0 Å². The van der Waals surface area contributed by atoms with Crippen molar-refractivity contribution in [2.24, 2.45) is 0 Å². The topological polar surface area (TPSA) is 85.1 Å². The van der Waals surface area contributed by atoms with Crippen molar-refractivity contribution in [1.29, 1.82) is 0 Å². The summed E-state index contributed by atoms with van der Waals surface area (Å²) in [4.78, 5) is 28.2. The zero-order valence-electron chi connectivity index (χ0n) is 13.3. The number of nitro benzene ring substituents is 1. The van der Waals surface area contributed by atoms with E-state index in [2.05, 4.69) is 10.3 Å². The van der Waals surface area contributed by atoms with E-state index in [1.165, 1.54) is 36.3 Å². The van der Waals surface area contributed by atoms with E-state index in [4.69, 9.17) is 0 Å². The summed E-state index contributed by atoms with van der Waals surface area (Å²) in [6.07, 6.45) is 7.08. The molecule has 0 unspecified atom stereocenters. The zero-order chi connectivity index (χ0) is 16.9. The SMILES string of the molecule is O=C(Cc1ccc([N+](=O)[O-])cc1)Nc1nc2c(s1)CCCCCC2. The molecule has 0 fully saturated rings. The molecule has 1 aromatic heterocycles. The summed E-state index contributed by atoms with van der Waals surface area (Å²) in [6.45, 7) is 0. The van der Waals surface area contributed by atoms with Crippen molar-refractivity contribution in [1.82, 2.24) is 4.98 Å². The summed E-state index contributed by atoms with van der Waals surface area (Å²) in [6, 6.07) is 6.05. The lowest BCUT2D eigenvalue weighted by atomic mass is 10.0. The molecule has 7 heteroatoms. The molecule has 2 aromatic rings. The highest BCUT2D eigenvalue weighted by Gasteiger charge is 2.15. The number of nitrogens with zero attached hydrogens (tertiary/aromatic N) is 2. The zero-order valence-corrected chi connectivity index (χ0v) is 14.1. The van der Waals surface area contributed by atoms with Gasteiger partial charge in [-0.2, -0.15) is 0 Å². The van der Waals surface area contributed by atoms with Gasteiger partial charge in [0.25, 0.3) is 5.69 Å². The number of aromatic nitrogens is 1. The molecule has 1 heterocycles. The Kier molecular flexibility index (Phi) is 5.20. The van der Waals surface area contributed by atoms with E-state index in [9.17, 15) is 14.9 Å². The van der Waals surface area contributed by atoms with Crippen molar-refractivity contribution >= 4 is 28.1 Å². The van der Waals surface area contributed by atoms with Crippen LogP contribution < -0.4 is 5.32 Å². The summed E-state index contributed by atoms with van der Waals surface area (Å²) in [5.41, 5.74) is 1.90. The van der Waals surface area contributed by atoms with Crippen molar-refractivity contribution in [3.05, 3.63) is 50.5 Å². The fourth-order valence-corrected chi connectivity index (χ4v) is 3.91. The van der Waals surface area contributed by atoms with Crippen molar-refractivity contribution in [3.8, 4) is 0 Å². The Morgan fingerprint density at radius 1 is 1.17 bits per heavy atom. The van der Waals surface area contributed by atoms with Gasteiger partial charge < -0.3 is 5.32 Å². The number of amides is 1. The monoisotopic (exact) mass is 345 g/mol. The second-order valence-corrected chi connectivity index (χ2v) is 7.04. The van der Waals surface area contributed by atoms with Crippen molar-refractivity contribution in [2.75, 3.05) is 5.32 Å². The number of aryl methyl sites for hydroxylation is 2. The number of rotatable bonds is 4. The van der Waals surface area contributed by atoms with E-state index >= 15 is 0 Å². The number of fused-ring (bicyclic) bond motifs is 1. The average Bonchev–Trinajstić information content (AvgIpc) is 2.88. The first kappa shape index (κ1) is 16.6. The highest BCUT2D eigenvalue weighted by atomic mass is 32.1. The number of benzene rings is 1. The Hall–Kier alpha value is -2.28. The Balaban J connectivity index is 1.62. The molecule has 0 saturated heterocycles. The maximum absolute atomic E-state index is 12.2. The van der Waals surface area contributed by atoms with Crippen LogP contribution in [-0.4, -0.2) is 15.8 Å². The van der Waals surface area contributed by atoms with Gasteiger partial charge in [0.15, 0.2) is 5.13 Å². The molecule has 3 rings (SSSR count). The first-order chi connectivity index (χ1) is 11.6. The highest BCUT2D eigenvalue weighted by molar-refractivity contribution is 7.15. The van der Waals surface area contributed by atoms with Gasteiger partial charge in [-0.05, 0) is 31.2 Å². The predicted molar refractivity (Wildman–Crippen MR) is 93.4 cm³/mol. The minimum Gasteiger partial charge on any atom is -0.302 e. The van der Waals surface area contributed by atoms with Gasteiger partial charge in [0.1, 0.15) is 0 Å². The molecular weight excluding hydrogens is 326 g/mol. The van der Waals surface area contributed by atoms with E-state index in [0.717, 1.165) is 30.5 Å². The summed E-state index contributed by atoms with van der Waals surface area (Å²) >= 11 is 1.57. The minimum atomic E-state index is -0.449. The van der Waals surface area contributed by atoms with Crippen LogP contribution in [0.4, 0.5) is 10.8 Å². The largest absolute Gasteiger partial charge is 0.302 e. The Morgan fingerprint density at radius 3 is 2.58 bits per heavy atom. The molecule has 126 valence electrons. The Labute approximate surface area is 144 Å². The quantitative estimate of drug-likeness (QED) is 0.673. The number of anilines is 1. The number of thiazole rings is 1. The van der Waals surface area contributed by atoms with Crippen LogP contribution in [0.1, 0.15) is 41.8 Å². The van der Waals surface area contributed by atoms with Gasteiger partial charge in [0.2, 0.25) is 5.91 Å². The first-order valence-electron chi connectivity index (χ1n) is 8.13. The number of nitrogens with one attached hydrogen (secondary N) is 1. The van der Waals surface area contributed by atoms with Crippen LogP contribution in [0.2, 0.25) is 0 Å². The standard InChI is InChI=1S/C17H19N3O3S/c21-16(11-12-7-9-13(10-8-12)20(22)23)19-17-18-14-5-3-1-2-4-6-15(14)24-17/h7-10H,1-6,11H2,(H,18,19,21). The molecule has 6 nitrogen and oxygen atoms in total. The normalized spacial score (nSPS) is 14.3. The number of hydrogen-bond acceptors (Lipinski definition) is 5. The summed E-state index contributed by atoms with van der Waals surface area (Å²) in [7, 11) is 0. The van der Waals surface area contributed by atoms with Gasteiger partial charge in [-0.25, -0.2) is 4.98 Å². The molecular formula is C17H19N3O3S. The predicted octanol–water partition coefficient (Wildman–Crippen LogP) is 3.89. The van der Waals surface area contributed by atoms with E-state index < -0.39 is 4.92 Å². The number of carbonyl (C=O) groups excluding carboxylic acids is 1. The van der Waals surface area contributed by atoms with Crippen molar-refractivity contribution in [2.45, 2.75) is 44.9 Å². The molecule has 24 heavy (non-hydrogen) atoms. The lowest BCUT2D eigenvalue weighted by molar-refractivity contribution is -0.384. The van der Waals surface area contributed by atoms with E-state index in [0.29, 0.717) is 5.13 Å². The van der Waals surface area contributed by atoms with Gasteiger partial charge >= 0.3 is 0 Å². The van der Waals surface area contributed by atoms with Crippen LogP contribution in [0, 0.1) is 10.1 Å². The third-order valence-electron chi connectivity index (χ3n) is 4.10. The Bertz CT molecular complexity index is 715. The van der Waals surface area contributed by atoms with Crippen LogP contribution in [-0.2, 0) is 24.1 Å². The highest BCUT2D eigenvalue weighted by Crippen LogP contribution is 2.28. The third kappa shape index (κ3) is 4.17. The fraction of sp³-hybridized carbons (Fsp3) is 0.412. The van der Waals surface area contributed by atoms with Crippen LogP contribution in [0.5, 0.6) is 0 Å². The molecule has 0 spiro atoms. The van der Waals surface area contributed by atoms with Crippen molar-refractivity contribution in [3.63, 3.8) is 0 Å². The Morgan fingerprint density at radius 2 is 1.88 bits per heavy atom. The molecule has 0 radical (unpaired) electrons. The van der Waals surface area contributed by atoms with Crippen LogP contribution in [0.15, 0.2) is 24.3 Å². The molecule has 1 aliphatic carbocycles. The molecule has 0 atom stereocenters. The number of nitro groups is 1. The molecule has 1 N–H and O–H groups in total. The van der Waals surface area contributed by atoms with Crippen LogP contribution >= 0.6 is 11.3 Å². The molecule has 1 aromatic carbocycles. The number of carbonyl (C=O) groups is 1. The average molecular weight is 345 g/mol. The number of hydrogen-bond donors (Lipinski definition) is 1. The minimum absolute atomic E-state index is 0.0267. The summed E-state index contributed by atoms with van der Waals surface area (Å²) in [5.74, 6) is -0.148. The van der Waals surface area contributed by atoms with Gasteiger partial charge in [-0.1, -0.05) is 25.0 Å². The maximum atomic E-state index is 12.2. The molecule has 1 aliphatic rings. The molecule has 0 saturated carbocycles. The van der Waals surface area contributed by atoms with E-state index in [1.807, 2.05) is 0 Å². The van der Waals surface area contributed by atoms with Gasteiger partial charge in [0.05, 0.1) is 17.0 Å². The van der Waals surface area contributed by atoms with Crippen LogP contribution in [0.25, 0.3) is 0 Å². The smallest absolute Gasteiger partial charge is 0.269 e. The fourth-order valence-electron chi connectivity index (χ4n) is 2.84. The second-order valence-electron chi connectivity index (χ2n) is 5.95. The first-order valence-corrected chi connectivity index (χ1v) is 8.95. The summed E-state index contributed by atoms with van der Waals surface area (Å²) < 4.78 is 0.